The zero-order chi connectivity index (χ0) is 12.5. The molecule has 6 nitrogen and oxygen atoms in total. The van der Waals surface area contributed by atoms with Crippen molar-refractivity contribution >= 4 is 0 Å². The molecule has 0 amide bonds. The highest BCUT2D eigenvalue weighted by Crippen LogP contribution is 2.36. The summed E-state index contributed by atoms with van der Waals surface area (Å²) in [4.78, 5) is 16.2. The largest absolute Gasteiger partial charge is 0.347 e. The van der Waals surface area contributed by atoms with Crippen molar-refractivity contribution in [2.75, 3.05) is 0 Å². The third-order valence-electron chi connectivity index (χ3n) is 2.92. The summed E-state index contributed by atoms with van der Waals surface area (Å²) >= 11 is 0. The van der Waals surface area contributed by atoms with Crippen LogP contribution in [0, 0.1) is 11.3 Å². The lowest BCUT2D eigenvalue weighted by Crippen LogP contribution is -2.24. The van der Waals surface area contributed by atoms with E-state index in [9.17, 15) is 4.79 Å². The average molecular weight is 241 g/mol. The maximum atomic E-state index is 12.1. The molecule has 2 aromatic rings. The normalized spacial score (nSPS) is 14.4. The Morgan fingerprint density at radius 2 is 2.33 bits per heavy atom. The molecule has 1 fully saturated rings. The van der Waals surface area contributed by atoms with Crippen molar-refractivity contribution in [2.45, 2.75) is 25.4 Å². The second-order valence-electron chi connectivity index (χ2n) is 4.26. The molecule has 0 unspecified atom stereocenters. The molecule has 0 saturated heterocycles. The highest BCUT2D eigenvalue weighted by atomic mass is 16.2. The van der Waals surface area contributed by atoms with Crippen molar-refractivity contribution in [3.05, 3.63) is 35.0 Å². The Bertz CT molecular complexity index is 660. The summed E-state index contributed by atoms with van der Waals surface area (Å²) in [7, 11) is 0. The molecule has 0 aromatic carbocycles. The highest BCUT2D eigenvalue weighted by molar-refractivity contribution is 5.53. The number of nitriles is 1. The minimum Gasteiger partial charge on any atom is -0.272 e. The van der Waals surface area contributed by atoms with E-state index < -0.39 is 0 Å². The Morgan fingerprint density at radius 1 is 1.50 bits per heavy atom. The van der Waals surface area contributed by atoms with Gasteiger partial charge in [0.05, 0.1) is 6.07 Å². The summed E-state index contributed by atoms with van der Waals surface area (Å²) < 4.78 is 2.88. The van der Waals surface area contributed by atoms with E-state index in [1.165, 1.54) is 4.68 Å². The molecule has 0 radical (unpaired) electrons. The van der Waals surface area contributed by atoms with Gasteiger partial charge in [-0.25, -0.2) is 4.79 Å². The maximum Gasteiger partial charge on any atom is 0.347 e. The van der Waals surface area contributed by atoms with Gasteiger partial charge in [-0.05, 0) is 25.0 Å². The first-order chi connectivity index (χ1) is 8.81. The van der Waals surface area contributed by atoms with Gasteiger partial charge in [0, 0.05) is 24.0 Å². The van der Waals surface area contributed by atoms with E-state index in [-0.39, 0.29) is 18.3 Å². The minimum absolute atomic E-state index is 0.0220. The van der Waals surface area contributed by atoms with Gasteiger partial charge in [0.2, 0.25) is 0 Å². The summed E-state index contributed by atoms with van der Waals surface area (Å²) in [6.07, 6.45) is 5.34. The van der Waals surface area contributed by atoms with Crippen molar-refractivity contribution in [1.82, 2.24) is 19.3 Å². The van der Waals surface area contributed by atoms with Crippen molar-refractivity contribution in [3.63, 3.8) is 0 Å². The Kier molecular flexibility index (Phi) is 2.45. The molecule has 18 heavy (non-hydrogen) atoms. The number of aromatic nitrogens is 4. The Hall–Kier alpha value is -2.42. The molecule has 0 bridgehead atoms. The first kappa shape index (κ1) is 10.7. The molecule has 2 aromatic heterocycles. The molecule has 1 aliphatic carbocycles. The average Bonchev–Trinajstić information content (AvgIpc) is 3.18. The number of hydrogen-bond donors (Lipinski definition) is 0. The van der Waals surface area contributed by atoms with Gasteiger partial charge in [-0.1, -0.05) is 0 Å². The second-order valence-corrected chi connectivity index (χ2v) is 4.26. The molecule has 6 heteroatoms. The molecular weight excluding hydrogens is 230 g/mol. The molecule has 0 aliphatic heterocycles. The van der Waals surface area contributed by atoms with Gasteiger partial charge in [-0.3, -0.25) is 9.55 Å². The van der Waals surface area contributed by atoms with Gasteiger partial charge in [-0.2, -0.15) is 9.94 Å². The SMILES string of the molecule is N#CCn1nc(-c2cccnc2)n(C2CC2)c1=O. The highest BCUT2D eigenvalue weighted by Gasteiger charge is 2.30. The fraction of sp³-hybridized carbons (Fsp3) is 0.333. The van der Waals surface area contributed by atoms with Crippen LogP contribution in [0.3, 0.4) is 0 Å². The van der Waals surface area contributed by atoms with Gasteiger partial charge < -0.3 is 0 Å². The van der Waals surface area contributed by atoms with Crippen LogP contribution in [0.1, 0.15) is 18.9 Å². The van der Waals surface area contributed by atoms with Crippen LogP contribution in [0.4, 0.5) is 0 Å². The minimum atomic E-state index is -0.210. The van der Waals surface area contributed by atoms with Gasteiger partial charge in [0.25, 0.3) is 0 Å². The van der Waals surface area contributed by atoms with Gasteiger partial charge in [0.15, 0.2) is 5.82 Å². The Morgan fingerprint density at radius 3 is 2.94 bits per heavy atom. The van der Waals surface area contributed by atoms with Crippen LogP contribution in [0.25, 0.3) is 11.4 Å². The molecular formula is C12H11N5O. The van der Waals surface area contributed by atoms with E-state index in [2.05, 4.69) is 10.1 Å². The summed E-state index contributed by atoms with van der Waals surface area (Å²) in [6.45, 7) is -0.0220. The van der Waals surface area contributed by atoms with Crippen LogP contribution in [0.2, 0.25) is 0 Å². The first-order valence-corrected chi connectivity index (χ1v) is 5.78. The van der Waals surface area contributed by atoms with Crippen LogP contribution in [-0.2, 0) is 6.54 Å². The smallest absolute Gasteiger partial charge is 0.272 e. The quantitative estimate of drug-likeness (QED) is 0.802. The lowest BCUT2D eigenvalue weighted by molar-refractivity contribution is 0.639. The van der Waals surface area contributed by atoms with Crippen molar-refractivity contribution in [1.29, 1.82) is 5.26 Å². The lowest BCUT2D eigenvalue weighted by Gasteiger charge is -2.02. The molecule has 2 heterocycles. The second kappa shape index (κ2) is 4.11. The summed E-state index contributed by atoms with van der Waals surface area (Å²) in [5, 5.41) is 12.9. The number of pyridine rings is 1. The van der Waals surface area contributed by atoms with Gasteiger partial charge in [0.1, 0.15) is 6.54 Å². The number of hydrogen-bond acceptors (Lipinski definition) is 4. The summed E-state index contributed by atoms with van der Waals surface area (Å²) in [5.74, 6) is 0.603. The van der Waals surface area contributed by atoms with Gasteiger partial charge >= 0.3 is 5.69 Å². The number of rotatable bonds is 3. The monoisotopic (exact) mass is 241 g/mol. The fourth-order valence-corrected chi connectivity index (χ4v) is 1.94. The standard InChI is InChI=1S/C12H11N5O/c13-5-7-16-12(18)17(10-3-4-10)11(15-16)9-2-1-6-14-8-9/h1-2,6,8,10H,3-4,7H2. The van der Waals surface area contributed by atoms with Crippen molar-refractivity contribution in [2.24, 2.45) is 0 Å². The van der Waals surface area contributed by atoms with E-state index in [0.29, 0.717) is 5.82 Å². The third-order valence-corrected chi connectivity index (χ3v) is 2.92. The van der Waals surface area contributed by atoms with E-state index >= 15 is 0 Å². The Balaban J connectivity index is 2.17. The van der Waals surface area contributed by atoms with E-state index in [1.807, 2.05) is 12.1 Å². The predicted molar refractivity (Wildman–Crippen MR) is 63.6 cm³/mol. The van der Waals surface area contributed by atoms with Crippen molar-refractivity contribution in [3.8, 4) is 17.5 Å². The zero-order valence-electron chi connectivity index (χ0n) is 9.65. The van der Waals surface area contributed by atoms with Crippen LogP contribution in [0.5, 0.6) is 0 Å². The fourth-order valence-electron chi connectivity index (χ4n) is 1.94. The van der Waals surface area contributed by atoms with Crippen molar-refractivity contribution < 1.29 is 0 Å². The van der Waals surface area contributed by atoms with Crippen LogP contribution in [-0.4, -0.2) is 19.3 Å². The molecule has 3 rings (SSSR count). The third kappa shape index (κ3) is 1.70. The Labute approximate surface area is 103 Å². The van der Waals surface area contributed by atoms with E-state index in [1.54, 1.807) is 23.0 Å². The summed E-state index contributed by atoms with van der Waals surface area (Å²) in [5.41, 5.74) is 0.594. The van der Waals surface area contributed by atoms with Crippen LogP contribution >= 0.6 is 0 Å². The molecule has 1 saturated carbocycles. The van der Waals surface area contributed by atoms with E-state index in [4.69, 9.17) is 5.26 Å². The van der Waals surface area contributed by atoms with Crippen LogP contribution in [0.15, 0.2) is 29.3 Å². The predicted octanol–water partition coefficient (Wildman–Crippen LogP) is 0.965. The first-order valence-electron chi connectivity index (χ1n) is 5.78. The van der Waals surface area contributed by atoms with Crippen LogP contribution < -0.4 is 5.69 Å². The molecule has 90 valence electrons. The summed E-state index contributed by atoms with van der Waals surface area (Å²) in [6, 6.07) is 5.84. The maximum absolute atomic E-state index is 12.1. The topological polar surface area (TPSA) is 76.5 Å². The molecule has 0 atom stereocenters. The molecule has 0 spiro atoms. The lowest BCUT2D eigenvalue weighted by atomic mass is 10.3. The van der Waals surface area contributed by atoms with E-state index in [0.717, 1.165) is 18.4 Å². The van der Waals surface area contributed by atoms with Gasteiger partial charge in [-0.15, -0.1) is 5.10 Å². The number of nitrogens with zero attached hydrogens (tertiary/aromatic N) is 5. The molecule has 1 aliphatic rings. The zero-order valence-corrected chi connectivity index (χ0v) is 9.65. The molecule has 0 N–H and O–H groups in total.